The molecule has 1 N–H and O–H groups in total. The van der Waals surface area contributed by atoms with E-state index in [-0.39, 0.29) is 43.1 Å². The Labute approximate surface area is 100 Å². The van der Waals surface area contributed by atoms with Crippen LogP contribution < -0.4 is 5.32 Å². The van der Waals surface area contributed by atoms with E-state index in [0.717, 1.165) is 0 Å². The molecule has 0 bridgehead atoms. The number of carbonyl (C=O) groups is 3. The molecule has 0 radical (unpaired) electrons. The summed E-state index contributed by atoms with van der Waals surface area (Å²) >= 11 is 0. The zero-order valence-electron chi connectivity index (χ0n) is 10.2. The molecule has 1 aliphatic rings. The molecule has 0 aromatic rings. The van der Waals surface area contributed by atoms with E-state index in [9.17, 15) is 14.4 Å². The number of amides is 2. The smallest absolute Gasteiger partial charge is 0.307 e. The highest BCUT2D eigenvalue weighted by atomic mass is 16.5. The van der Waals surface area contributed by atoms with Crippen molar-refractivity contribution in [1.82, 2.24) is 10.2 Å². The maximum Gasteiger partial charge on any atom is 0.307 e. The second kappa shape index (κ2) is 6.22. The lowest BCUT2D eigenvalue weighted by molar-refractivity contribution is -0.143. The number of ether oxygens (including phenoxy) is 1. The highest BCUT2D eigenvalue weighted by Gasteiger charge is 2.31. The third-order valence-corrected chi connectivity index (χ3v) is 2.65. The van der Waals surface area contributed by atoms with Gasteiger partial charge < -0.3 is 15.0 Å². The van der Waals surface area contributed by atoms with E-state index in [4.69, 9.17) is 4.74 Å². The van der Waals surface area contributed by atoms with Gasteiger partial charge in [-0.15, -0.1) is 0 Å². The largest absolute Gasteiger partial charge is 0.466 e. The van der Waals surface area contributed by atoms with Crippen LogP contribution in [0.1, 0.15) is 19.8 Å². The van der Waals surface area contributed by atoms with Crippen molar-refractivity contribution in [2.45, 2.75) is 19.8 Å². The van der Waals surface area contributed by atoms with Gasteiger partial charge >= 0.3 is 5.97 Å². The summed E-state index contributed by atoms with van der Waals surface area (Å²) in [7, 11) is 1.67. The van der Waals surface area contributed by atoms with Crippen LogP contribution in [-0.4, -0.2) is 49.4 Å². The Morgan fingerprint density at radius 2 is 2.24 bits per heavy atom. The normalized spacial score (nSPS) is 19.3. The molecule has 2 amide bonds. The van der Waals surface area contributed by atoms with Crippen molar-refractivity contribution in [2.24, 2.45) is 5.92 Å². The van der Waals surface area contributed by atoms with Crippen LogP contribution in [-0.2, 0) is 19.1 Å². The summed E-state index contributed by atoms with van der Waals surface area (Å²) in [6.07, 6.45) is 0.415. The van der Waals surface area contributed by atoms with Gasteiger partial charge in [0, 0.05) is 26.6 Å². The summed E-state index contributed by atoms with van der Waals surface area (Å²) in [5.41, 5.74) is 0. The molecule has 0 aromatic heterocycles. The fourth-order valence-electron chi connectivity index (χ4n) is 1.70. The molecule has 1 rings (SSSR count). The van der Waals surface area contributed by atoms with Crippen molar-refractivity contribution < 1.29 is 19.1 Å². The van der Waals surface area contributed by atoms with Gasteiger partial charge in [-0.25, -0.2) is 0 Å². The Bertz CT molecular complexity index is 317. The van der Waals surface area contributed by atoms with Crippen LogP contribution in [0.3, 0.4) is 0 Å². The summed E-state index contributed by atoms with van der Waals surface area (Å²) in [5, 5.41) is 2.64. The van der Waals surface area contributed by atoms with Gasteiger partial charge in [0.15, 0.2) is 0 Å². The quantitative estimate of drug-likeness (QED) is 0.662. The molecule has 1 atom stereocenters. The summed E-state index contributed by atoms with van der Waals surface area (Å²) < 4.78 is 4.73. The second-order valence-corrected chi connectivity index (χ2v) is 4.02. The predicted molar refractivity (Wildman–Crippen MR) is 60.0 cm³/mol. The minimum atomic E-state index is -0.326. The molecular formula is C11H18N2O4. The van der Waals surface area contributed by atoms with E-state index >= 15 is 0 Å². The van der Waals surface area contributed by atoms with Crippen LogP contribution in [0.25, 0.3) is 0 Å². The van der Waals surface area contributed by atoms with Gasteiger partial charge in [0.05, 0.1) is 18.9 Å². The maximum atomic E-state index is 11.6. The highest BCUT2D eigenvalue weighted by Crippen LogP contribution is 2.15. The Kier molecular flexibility index (Phi) is 4.93. The van der Waals surface area contributed by atoms with Crippen LogP contribution >= 0.6 is 0 Å². The Hall–Kier alpha value is -1.59. The Morgan fingerprint density at radius 3 is 2.76 bits per heavy atom. The van der Waals surface area contributed by atoms with Crippen LogP contribution in [0.2, 0.25) is 0 Å². The summed E-state index contributed by atoms with van der Waals surface area (Å²) in [5.74, 6) is -0.815. The van der Waals surface area contributed by atoms with Gasteiger partial charge in [0.2, 0.25) is 11.8 Å². The molecule has 6 heteroatoms. The van der Waals surface area contributed by atoms with Crippen molar-refractivity contribution in [1.29, 1.82) is 0 Å². The Balaban J connectivity index is 2.22. The lowest BCUT2D eigenvalue weighted by Crippen LogP contribution is -2.33. The number of rotatable bonds is 5. The van der Waals surface area contributed by atoms with Crippen molar-refractivity contribution in [3.05, 3.63) is 0 Å². The van der Waals surface area contributed by atoms with E-state index in [1.807, 2.05) is 0 Å². The van der Waals surface area contributed by atoms with Crippen LogP contribution in [0.4, 0.5) is 0 Å². The maximum absolute atomic E-state index is 11.6. The van der Waals surface area contributed by atoms with Crippen LogP contribution in [0.15, 0.2) is 0 Å². The average molecular weight is 242 g/mol. The first-order valence-electron chi connectivity index (χ1n) is 5.72. The SMILES string of the molecule is CCOC(=O)CCNC(=O)C1CC(=O)N(C)C1. The molecule has 0 saturated carbocycles. The van der Waals surface area contributed by atoms with Gasteiger partial charge in [-0.1, -0.05) is 0 Å². The lowest BCUT2D eigenvalue weighted by Gasteiger charge is -2.10. The zero-order chi connectivity index (χ0) is 12.8. The molecule has 0 spiro atoms. The second-order valence-electron chi connectivity index (χ2n) is 4.02. The van der Waals surface area contributed by atoms with Crippen molar-refractivity contribution >= 4 is 17.8 Å². The minimum Gasteiger partial charge on any atom is -0.466 e. The highest BCUT2D eigenvalue weighted by molar-refractivity contribution is 5.89. The number of carbonyl (C=O) groups excluding carboxylic acids is 3. The third-order valence-electron chi connectivity index (χ3n) is 2.65. The van der Waals surface area contributed by atoms with E-state index in [1.165, 1.54) is 4.90 Å². The standard InChI is InChI=1S/C11H18N2O4/c1-3-17-10(15)4-5-12-11(16)8-6-9(14)13(2)7-8/h8H,3-7H2,1-2H3,(H,12,16). The van der Waals surface area contributed by atoms with Gasteiger partial charge in [-0.2, -0.15) is 0 Å². The average Bonchev–Trinajstić information content (AvgIpc) is 2.59. The van der Waals surface area contributed by atoms with Gasteiger partial charge in [0.1, 0.15) is 0 Å². The molecule has 1 unspecified atom stereocenters. The van der Waals surface area contributed by atoms with Crippen molar-refractivity contribution in [2.75, 3.05) is 26.7 Å². The third kappa shape index (κ3) is 4.05. The molecule has 1 aliphatic heterocycles. The molecule has 6 nitrogen and oxygen atoms in total. The monoisotopic (exact) mass is 242 g/mol. The van der Waals surface area contributed by atoms with E-state index in [2.05, 4.69) is 5.32 Å². The number of likely N-dealkylation sites (tertiary alicyclic amines) is 1. The molecule has 0 aliphatic carbocycles. The molecule has 1 fully saturated rings. The molecule has 1 heterocycles. The number of hydrogen-bond acceptors (Lipinski definition) is 4. The number of hydrogen-bond donors (Lipinski definition) is 1. The fraction of sp³-hybridized carbons (Fsp3) is 0.727. The number of nitrogens with one attached hydrogen (secondary N) is 1. The fourth-order valence-corrected chi connectivity index (χ4v) is 1.70. The Morgan fingerprint density at radius 1 is 1.53 bits per heavy atom. The number of esters is 1. The number of nitrogens with zero attached hydrogens (tertiary/aromatic N) is 1. The van der Waals surface area contributed by atoms with Crippen molar-refractivity contribution in [3.8, 4) is 0 Å². The van der Waals surface area contributed by atoms with Gasteiger partial charge in [-0.3, -0.25) is 14.4 Å². The van der Waals surface area contributed by atoms with Gasteiger partial charge in [-0.05, 0) is 6.92 Å². The minimum absolute atomic E-state index is 0.0180. The molecular weight excluding hydrogens is 224 g/mol. The van der Waals surface area contributed by atoms with E-state index < -0.39 is 0 Å². The first-order valence-corrected chi connectivity index (χ1v) is 5.72. The molecule has 1 saturated heterocycles. The lowest BCUT2D eigenvalue weighted by atomic mass is 10.1. The predicted octanol–water partition coefficient (Wildman–Crippen LogP) is -0.466. The van der Waals surface area contributed by atoms with Crippen molar-refractivity contribution in [3.63, 3.8) is 0 Å². The first kappa shape index (κ1) is 13.5. The molecule has 17 heavy (non-hydrogen) atoms. The first-order chi connectivity index (χ1) is 8.04. The van der Waals surface area contributed by atoms with E-state index in [1.54, 1.807) is 14.0 Å². The summed E-state index contributed by atoms with van der Waals surface area (Å²) in [4.78, 5) is 35.4. The summed E-state index contributed by atoms with van der Waals surface area (Å²) in [6, 6.07) is 0. The topological polar surface area (TPSA) is 75.7 Å². The van der Waals surface area contributed by atoms with Crippen LogP contribution in [0, 0.1) is 5.92 Å². The van der Waals surface area contributed by atoms with Crippen LogP contribution in [0.5, 0.6) is 0 Å². The summed E-state index contributed by atoms with van der Waals surface area (Å²) in [6.45, 7) is 2.78. The van der Waals surface area contributed by atoms with E-state index in [0.29, 0.717) is 13.2 Å². The molecule has 96 valence electrons. The zero-order valence-corrected chi connectivity index (χ0v) is 10.2. The molecule has 0 aromatic carbocycles. The van der Waals surface area contributed by atoms with Gasteiger partial charge in [0.25, 0.3) is 0 Å².